The normalized spacial score (nSPS) is 18.5. The van der Waals surface area contributed by atoms with Gasteiger partial charge in [-0.15, -0.1) is 4.58 Å². The highest BCUT2D eigenvalue weighted by Crippen LogP contribution is 2.19. The standard InChI is InChI=1S/C10H7NO2/c1-7(13)11-9(6-12)5-8-3-2-4-10(8)11/h2-5H,1H3/q+1. The number of amides is 1. The van der Waals surface area contributed by atoms with Crippen molar-refractivity contribution < 1.29 is 14.2 Å². The van der Waals surface area contributed by atoms with E-state index in [1.54, 1.807) is 18.4 Å². The molecule has 0 fully saturated rings. The zero-order chi connectivity index (χ0) is 9.42. The summed E-state index contributed by atoms with van der Waals surface area (Å²) in [5, 5.41) is 0. The maximum absolute atomic E-state index is 11.2. The van der Waals surface area contributed by atoms with Crippen LogP contribution in [0.5, 0.6) is 0 Å². The van der Waals surface area contributed by atoms with Gasteiger partial charge in [0.25, 0.3) is 5.70 Å². The van der Waals surface area contributed by atoms with E-state index in [1.807, 2.05) is 12.2 Å². The van der Waals surface area contributed by atoms with E-state index in [-0.39, 0.29) is 11.6 Å². The number of carbonyl (C=O) groups excluding carboxylic acids is 2. The molecule has 0 saturated heterocycles. The molecule has 3 nitrogen and oxygen atoms in total. The van der Waals surface area contributed by atoms with Gasteiger partial charge in [0.2, 0.25) is 5.71 Å². The molecular weight excluding hydrogens is 166 g/mol. The van der Waals surface area contributed by atoms with Gasteiger partial charge in [0.1, 0.15) is 0 Å². The molecule has 0 aromatic heterocycles. The second-order valence-corrected chi connectivity index (χ2v) is 2.85. The average molecular weight is 173 g/mol. The minimum absolute atomic E-state index is 0.167. The third-order valence-electron chi connectivity index (χ3n) is 2.02. The first-order valence-electron chi connectivity index (χ1n) is 3.90. The van der Waals surface area contributed by atoms with Crippen LogP contribution in [0.4, 0.5) is 0 Å². The molecule has 13 heavy (non-hydrogen) atoms. The van der Waals surface area contributed by atoms with E-state index < -0.39 is 0 Å². The number of nitrogens with zero attached hydrogens (tertiary/aromatic N) is 1. The van der Waals surface area contributed by atoms with Crippen molar-refractivity contribution in [3.63, 3.8) is 0 Å². The highest BCUT2D eigenvalue weighted by molar-refractivity contribution is 6.14. The minimum atomic E-state index is -0.167. The van der Waals surface area contributed by atoms with Crippen LogP contribution in [0.25, 0.3) is 0 Å². The van der Waals surface area contributed by atoms with E-state index in [0.717, 1.165) is 11.3 Å². The van der Waals surface area contributed by atoms with Crippen molar-refractivity contribution >= 4 is 17.9 Å². The van der Waals surface area contributed by atoms with Crippen molar-refractivity contribution in [1.29, 1.82) is 0 Å². The molecule has 0 atom stereocenters. The lowest BCUT2D eigenvalue weighted by Gasteiger charge is -1.90. The smallest absolute Gasteiger partial charge is 0.278 e. The average Bonchev–Trinajstić information content (AvgIpc) is 2.59. The fourth-order valence-electron chi connectivity index (χ4n) is 1.51. The number of fused-ring (bicyclic) bond motifs is 1. The Morgan fingerprint density at radius 3 is 2.92 bits per heavy atom. The van der Waals surface area contributed by atoms with E-state index >= 15 is 0 Å². The number of allylic oxidation sites excluding steroid dienone is 6. The minimum Gasteiger partial charge on any atom is -0.278 e. The van der Waals surface area contributed by atoms with Crippen LogP contribution >= 0.6 is 0 Å². The van der Waals surface area contributed by atoms with E-state index in [0.29, 0.717) is 0 Å². The Balaban J connectivity index is 2.61. The molecule has 1 amide bonds. The summed E-state index contributed by atoms with van der Waals surface area (Å²) in [5.41, 5.74) is 1.96. The van der Waals surface area contributed by atoms with E-state index in [4.69, 9.17) is 0 Å². The van der Waals surface area contributed by atoms with E-state index in [9.17, 15) is 9.59 Å². The Kier molecular flexibility index (Phi) is 1.59. The number of hydrogen-bond acceptors (Lipinski definition) is 2. The Morgan fingerprint density at radius 2 is 2.31 bits per heavy atom. The lowest BCUT2D eigenvalue weighted by Crippen LogP contribution is -2.20. The Labute approximate surface area is 75.4 Å². The Bertz CT molecular complexity index is 422. The summed E-state index contributed by atoms with van der Waals surface area (Å²) in [7, 11) is 0. The first-order valence-corrected chi connectivity index (χ1v) is 3.90. The SMILES string of the molecule is CC(=O)[N+]1=C2C=CC=C2C=C1[C]=O. The van der Waals surface area contributed by atoms with Gasteiger partial charge in [-0.05, 0) is 6.08 Å². The molecule has 0 unspecified atom stereocenters. The van der Waals surface area contributed by atoms with Crippen molar-refractivity contribution in [2.24, 2.45) is 0 Å². The molecule has 1 aliphatic carbocycles. The van der Waals surface area contributed by atoms with Crippen LogP contribution in [0, 0.1) is 0 Å². The van der Waals surface area contributed by atoms with Crippen LogP contribution in [0.1, 0.15) is 6.92 Å². The van der Waals surface area contributed by atoms with Crippen molar-refractivity contribution in [2.45, 2.75) is 6.92 Å². The molecule has 63 valence electrons. The van der Waals surface area contributed by atoms with Gasteiger partial charge >= 0.3 is 12.2 Å². The molecule has 1 heterocycles. The van der Waals surface area contributed by atoms with Crippen molar-refractivity contribution in [3.05, 3.63) is 35.6 Å². The predicted molar refractivity (Wildman–Crippen MR) is 46.9 cm³/mol. The maximum atomic E-state index is 11.2. The fraction of sp³-hybridized carbons (Fsp3) is 0.100. The lowest BCUT2D eigenvalue weighted by atomic mass is 10.2. The van der Waals surface area contributed by atoms with Crippen molar-refractivity contribution in [2.75, 3.05) is 0 Å². The molecule has 0 spiro atoms. The monoisotopic (exact) mass is 173 g/mol. The zero-order valence-corrected chi connectivity index (χ0v) is 7.07. The molecule has 0 saturated carbocycles. The summed E-state index contributed by atoms with van der Waals surface area (Å²) in [6.07, 6.45) is 8.91. The van der Waals surface area contributed by atoms with Gasteiger partial charge in [-0.1, -0.05) is 6.08 Å². The molecule has 0 bridgehead atoms. The summed E-state index contributed by atoms with van der Waals surface area (Å²) < 4.78 is 1.36. The highest BCUT2D eigenvalue weighted by Gasteiger charge is 2.33. The third kappa shape index (κ3) is 1.01. The predicted octanol–water partition coefficient (Wildman–Crippen LogP) is 0.490. The van der Waals surface area contributed by atoms with Gasteiger partial charge in [0, 0.05) is 12.2 Å². The van der Waals surface area contributed by atoms with Gasteiger partial charge in [-0.25, -0.2) is 4.79 Å². The van der Waals surface area contributed by atoms with Crippen LogP contribution in [0.2, 0.25) is 0 Å². The van der Waals surface area contributed by atoms with Crippen LogP contribution in [-0.2, 0) is 9.59 Å². The van der Waals surface area contributed by atoms with Crippen LogP contribution in [0.3, 0.4) is 0 Å². The molecule has 0 aromatic carbocycles. The maximum Gasteiger partial charge on any atom is 0.390 e. The van der Waals surface area contributed by atoms with Crippen LogP contribution < -0.4 is 0 Å². The van der Waals surface area contributed by atoms with Gasteiger partial charge in [0.05, 0.1) is 12.5 Å². The molecule has 1 aliphatic heterocycles. The third-order valence-corrected chi connectivity index (χ3v) is 2.02. The highest BCUT2D eigenvalue weighted by atomic mass is 16.2. The number of hydrogen-bond donors (Lipinski definition) is 0. The molecule has 1 radical (unpaired) electrons. The molecule has 3 heteroatoms. The topological polar surface area (TPSA) is 37.1 Å². The van der Waals surface area contributed by atoms with Gasteiger partial charge in [0.15, 0.2) is 0 Å². The summed E-state index contributed by atoms with van der Waals surface area (Å²) >= 11 is 0. The molecule has 0 aromatic rings. The number of carbonyl (C=O) groups is 1. The van der Waals surface area contributed by atoms with Crippen LogP contribution in [0.15, 0.2) is 35.6 Å². The van der Waals surface area contributed by atoms with E-state index in [1.165, 1.54) is 11.5 Å². The Hall–Kier alpha value is -1.77. The fourth-order valence-corrected chi connectivity index (χ4v) is 1.51. The Morgan fingerprint density at radius 1 is 1.54 bits per heavy atom. The van der Waals surface area contributed by atoms with Crippen molar-refractivity contribution in [1.82, 2.24) is 0 Å². The summed E-state index contributed by atoms with van der Waals surface area (Å²) in [6.45, 7) is 1.42. The second-order valence-electron chi connectivity index (χ2n) is 2.85. The first kappa shape index (κ1) is 7.86. The molecule has 2 rings (SSSR count). The molecule has 2 aliphatic rings. The van der Waals surface area contributed by atoms with Gasteiger partial charge < -0.3 is 0 Å². The van der Waals surface area contributed by atoms with Crippen molar-refractivity contribution in [3.8, 4) is 0 Å². The van der Waals surface area contributed by atoms with E-state index in [2.05, 4.69) is 0 Å². The first-order chi connectivity index (χ1) is 6.24. The van der Waals surface area contributed by atoms with Crippen LogP contribution in [-0.4, -0.2) is 22.5 Å². The summed E-state index contributed by atoms with van der Waals surface area (Å²) in [5.74, 6) is -0.167. The zero-order valence-electron chi connectivity index (χ0n) is 7.07. The lowest BCUT2D eigenvalue weighted by molar-refractivity contribution is -0.385. The van der Waals surface area contributed by atoms with Gasteiger partial charge in [-0.2, -0.15) is 0 Å². The number of rotatable bonds is 1. The largest absolute Gasteiger partial charge is 0.390 e. The quantitative estimate of drug-likeness (QED) is 0.541. The van der Waals surface area contributed by atoms with Gasteiger partial charge in [-0.3, -0.25) is 4.79 Å². The molecule has 0 N–H and O–H groups in total. The summed E-state index contributed by atoms with van der Waals surface area (Å²) in [4.78, 5) is 21.7. The molecular formula is C10H7NO2+. The second kappa shape index (κ2) is 2.62. The summed E-state index contributed by atoms with van der Waals surface area (Å²) in [6, 6.07) is 0.